The first kappa shape index (κ1) is 20.1. The predicted octanol–water partition coefficient (Wildman–Crippen LogP) is 2.31. The molecule has 0 saturated carbocycles. The summed E-state index contributed by atoms with van der Waals surface area (Å²) in [5.41, 5.74) is 2.09. The molecule has 0 radical (unpaired) electrons. The Labute approximate surface area is 182 Å². The largest absolute Gasteiger partial charge is 0.378 e. The van der Waals surface area contributed by atoms with E-state index in [4.69, 9.17) is 9.72 Å². The minimum Gasteiger partial charge on any atom is -0.378 e. The monoisotopic (exact) mass is 420 g/mol. The molecule has 8 nitrogen and oxygen atoms in total. The minimum absolute atomic E-state index is 0.0111. The molecular formula is C23H28N6O2. The Bertz CT molecular complexity index is 923. The number of anilines is 1. The van der Waals surface area contributed by atoms with Crippen molar-refractivity contribution >= 4 is 18.1 Å². The number of piperidine rings is 1. The average Bonchev–Trinajstić information content (AvgIpc) is 3.35. The highest BCUT2D eigenvalue weighted by atomic mass is 16.5. The Balaban J connectivity index is 1.21. The first-order valence-corrected chi connectivity index (χ1v) is 11.1. The van der Waals surface area contributed by atoms with Crippen LogP contribution in [-0.2, 0) is 9.53 Å². The summed E-state index contributed by atoms with van der Waals surface area (Å²) in [5, 5.41) is 9.55. The van der Waals surface area contributed by atoms with Gasteiger partial charge in [-0.1, -0.05) is 30.3 Å². The Morgan fingerprint density at radius 1 is 1.13 bits per heavy atom. The summed E-state index contributed by atoms with van der Waals surface area (Å²) in [6.45, 7) is 3.73. The van der Waals surface area contributed by atoms with Crippen molar-refractivity contribution in [3.63, 3.8) is 0 Å². The summed E-state index contributed by atoms with van der Waals surface area (Å²) in [4.78, 5) is 24.7. The molecule has 1 aromatic heterocycles. The van der Waals surface area contributed by atoms with Crippen molar-refractivity contribution in [3.8, 4) is 0 Å². The highest BCUT2D eigenvalue weighted by Crippen LogP contribution is 2.32. The van der Waals surface area contributed by atoms with Gasteiger partial charge in [0.1, 0.15) is 0 Å². The van der Waals surface area contributed by atoms with Crippen LogP contribution in [0.15, 0.2) is 47.7 Å². The molecule has 5 rings (SSSR count). The van der Waals surface area contributed by atoms with Crippen LogP contribution >= 0.6 is 0 Å². The van der Waals surface area contributed by atoms with E-state index in [1.165, 1.54) is 0 Å². The van der Waals surface area contributed by atoms with E-state index in [1.54, 1.807) is 5.01 Å². The maximum Gasteiger partial charge on any atom is 0.246 e. The molecule has 4 heterocycles. The Hall–Kier alpha value is -2.84. The standard InChI is InChI=1S/C23H28N6O2/c30-22(29-21(7-11-26-29)17-4-2-1-3-5-17)18-8-13-28(14-9-18)23-25-10-6-19(27-23)20-16-31-15-12-24-20/h1-6,10-11,18,20-21,24H,7-9,12-16H2/t20?,21-/m0/s1. The van der Waals surface area contributed by atoms with E-state index in [1.807, 2.05) is 36.7 Å². The molecule has 1 unspecified atom stereocenters. The van der Waals surface area contributed by atoms with E-state index in [0.29, 0.717) is 6.61 Å². The van der Waals surface area contributed by atoms with Gasteiger partial charge in [-0.2, -0.15) is 5.10 Å². The number of nitrogens with one attached hydrogen (secondary N) is 1. The summed E-state index contributed by atoms with van der Waals surface area (Å²) in [7, 11) is 0. The number of hydrazone groups is 1. The lowest BCUT2D eigenvalue weighted by atomic mass is 9.94. The molecule has 2 saturated heterocycles. The number of ether oxygens (including phenoxy) is 1. The smallest absolute Gasteiger partial charge is 0.246 e. The fourth-order valence-electron chi connectivity index (χ4n) is 4.56. The molecule has 8 heteroatoms. The molecule has 1 amide bonds. The zero-order valence-electron chi connectivity index (χ0n) is 17.6. The number of morpholine rings is 1. The van der Waals surface area contributed by atoms with Gasteiger partial charge in [-0.3, -0.25) is 4.79 Å². The maximum absolute atomic E-state index is 13.2. The third kappa shape index (κ3) is 4.31. The second-order valence-electron chi connectivity index (χ2n) is 8.27. The van der Waals surface area contributed by atoms with Crippen LogP contribution < -0.4 is 10.2 Å². The van der Waals surface area contributed by atoms with Crippen molar-refractivity contribution in [2.75, 3.05) is 37.7 Å². The zero-order chi connectivity index (χ0) is 21.0. The van der Waals surface area contributed by atoms with E-state index >= 15 is 0 Å². The summed E-state index contributed by atoms with van der Waals surface area (Å²) >= 11 is 0. The number of hydrogen-bond donors (Lipinski definition) is 1. The molecule has 2 atom stereocenters. The van der Waals surface area contributed by atoms with Gasteiger partial charge >= 0.3 is 0 Å². The molecule has 3 aliphatic rings. The molecular weight excluding hydrogens is 392 g/mol. The van der Waals surface area contributed by atoms with Crippen LogP contribution in [0.4, 0.5) is 5.95 Å². The molecule has 1 N–H and O–H groups in total. The van der Waals surface area contributed by atoms with E-state index in [0.717, 1.165) is 62.7 Å². The average molecular weight is 421 g/mol. The number of carbonyl (C=O) groups is 1. The maximum atomic E-state index is 13.2. The van der Waals surface area contributed by atoms with Gasteiger partial charge in [0, 0.05) is 44.4 Å². The molecule has 1 aromatic carbocycles. The fourth-order valence-corrected chi connectivity index (χ4v) is 4.56. The molecule has 0 spiro atoms. The highest BCUT2D eigenvalue weighted by molar-refractivity contribution is 5.82. The van der Waals surface area contributed by atoms with E-state index in [-0.39, 0.29) is 23.9 Å². The summed E-state index contributed by atoms with van der Waals surface area (Å²) < 4.78 is 5.56. The lowest BCUT2D eigenvalue weighted by Gasteiger charge is -2.34. The van der Waals surface area contributed by atoms with E-state index in [9.17, 15) is 4.79 Å². The van der Waals surface area contributed by atoms with Crippen LogP contribution in [0.5, 0.6) is 0 Å². The van der Waals surface area contributed by atoms with Crippen molar-refractivity contribution in [2.24, 2.45) is 11.0 Å². The number of aromatic nitrogens is 2. The van der Waals surface area contributed by atoms with Crippen molar-refractivity contribution in [1.29, 1.82) is 0 Å². The molecule has 3 aliphatic heterocycles. The van der Waals surface area contributed by atoms with Crippen LogP contribution in [-0.4, -0.2) is 59.9 Å². The van der Waals surface area contributed by atoms with E-state index in [2.05, 4.69) is 32.4 Å². The molecule has 0 aliphatic carbocycles. The predicted molar refractivity (Wildman–Crippen MR) is 118 cm³/mol. The third-order valence-electron chi connectivity index (χ3n) is 6.31. The van der Waals surface area contributed by atoms with Crippen LogP contribution in [0, 0.1) is 5.92 Å². The second-order valence-corrected chi connectivity index (χ2v) is 8.27. The lowest BCUT2D eigenvalue weighted by Crippen LogP contribution is -2.42. The van der Waals surface area contributed by atoms with Gasteiger partial charge in [0.2, 0.25) is 11.9 Å². The lowest BCUT2D eigenvalue weighted by molar-refractivity contribution is -0.138. The third-order valence-corrected chi connectivity index (χ3v) is 6.31. The zero-order valence-corrected chi connectivity index (χ0v) is 17.6. The Morgan fingerprint density at radius 3 is 2.74 bits per heavy atom. The second kappa shape index (κ2) is 9.11. The van der Waals surface area contributed by atoms with Gasteiger partial charge < -0.3 is 15.0 Å². The molecule has 2 aromatic rings. The molecule has 2 fully saturated rings. The number of nitrogens with zero attached hydrogens (tertiary/aromatic N) is 5. The first-order chi connectivity index (χ1) is 15.3. The topological polar surface area (TPSA) is 83.0 Å². The number of rotatable bonds is 4. The first-order valence-electron chi connectivity index (χ1n) is 11.1. The summed E-state index contributed by atoms with van der Waals surface area (Å²) in [6, 6.07) is 12.2. The number of carbonyl (C=O) groups excluding carboxylic acids is 1. The molecule has 0 bridgehead atoms. The summed E-state index contributed by atoms with van der Waals surface area (Å²) in [5.74, 6) is 0.840. The Morgan fingerprint density at radius 2 is 1.97 bits per heavy atom. The fraction of sp³-hybridized carbons (Fsp3) is 0.478. The summed E-state index contributed by atoms with van der Waals surface area (Å²) in [6.07, 6.45) is 6.01. The minimum atomic E-state index is -0.0192. The van der Waals surface area contributed by atoms with Crippen LogP contribution in [0.2, 0.25) is 0 Å². The van der Waals surface area contributed by atoms with Gasteiger partial charge in [-0.15, -0.1) is 0 Å². The SMILES string of the molecule is O=C(C1CCN(c2nccc(C3COCCN3)n2)CC1)N1N=CC[C@H]1c1ccccc1. The quantitative estimate of drug-likeness (QED) is 0.817. The van der Waals surface area contributed by atoms with Crippen LogP contribution in [0.25, 0.3) is 0 Å². The van der Waals surface area contributed by atoms with Gasteiger partial charge in [0.15, 0.2) is 0 Å². The normalized spacial score (nSPS) is 24.5. The highest BCUT2D eigenvalue weighted by Gasteiger charge is 2.35. The van der Waals surface area contributed by atoms with Crippen LogP contribution in [0.3, 0.4) is 0 Å². The van der Waals surface area contributed by atoms with Gasteiger partial charge in [0.05, 0.1) is 31.0 Å². The molecule has 162 valence electrons. The van der Waals surface area contributed by atoms with Crippen molar-refractivity contribution in [1.82, 2.24) is 20.3 Å². The Kier molecular flexibility index (Phi) is 5.90. The van der Waals surface area contributed by atoms with Crippen molar-refractivity contribution in [3.05, 3.63) is 53.9 Å². The van der Waals surface area contributed by atoms with Crippen LogP contribution in [0.1, 0.15) is 42.6 Å². The molecule has 31 heavy (non-hydrogen) atoms. The van der Waals surface area contributed by atoms with Crippen molar-refractivity contribution < 1.29 is 9.53 Å². The van der Waals surface area contributed by atoms with Crippen molar-refractivity contribution in [2.45, 2.75) is 31.3 Å². The van der Waals surface area contributed by atoms with Gasteiger partial charge in [-0.25, -0.2) is 15.0 Å². The van der Waals surface area contributed by atoms with E-state index < -0.39 is 0 Å². The van der Waals surface area contributed by atoms with Gasteiger partial charge in [-0.05, 0) is 24.5 Å². The van der Waals surface area contributed by atoms with Gasteiger partial charge in [0.25, 0.3) is 0 Å². The number of amides is 1. The number of benzene rings is 1. The number of hydrogen-bond acceptors (Lipinski definition) is 7.